The van der Waals surface area contributed by atoms with Crippen molar-refractivity contribution in [3.8, 4) is 0 Å². The molecule has 2 aliphatic rings. The zero-order valence-electron chi connectivity index (χ0n) is 17.7. The molecular weight excluding hydrogens is 394 g/mol. The molecule has 1 aliphatic heterocycles. The molecule has 4 N–H and O–H groups in total. The van der Waals surface area contributed by atoms with Crippen LogP contribution in [0.1, 0.15) is 47.3 Å². The molecule has 1 aromatic heterocycles. The molecule has 1 atom stereocenters. The Morgan fingerprint density at radius 3 is 2.74 bits per heavy atom. The van der Waals surface area contributed by atoms with Crippen molar-refractivity contribution >= 4 is 11.7 Å². The number of nitrogens with zero attached hydrogens (tertiary/aromatic N) is 3. The SMILES string of the molecule is O=C(NC[C@H](O)CN1CCc2ccccc2C1)c1cc(N[C@H]2CC[C@H](O)CC2)ncn1. The van der Waals surface area contributed by atoms with E-state index in [1.54, 1.807) is 6.07 Å². The molecule has 1 fully saturated rings. The average Bonchev–Trinajstić information content (AvgIpc) is 2.79. The number of aliphatic hydroxyl groups excluding tert-OH is 2. The third-order valence-electron chi connectivity index (χ3n) is 6.13. The van der Waals surface area contributed by atoms with Crippen molar-refractivity contribution in [3.63, 3.8) is 0 Å². The van der Waals surface area contributed by atoms with Crippen LogP contribution >= 0.6 is 0 Å². The molecule has 31 heavy (non-hydrogen) atoms. The fourth-order valence-electron chi connectivity index (χ4n) is 4.36. The summed E-state index contributed by atoms with van der Waals surface area (Å²) in [6, 6.07) is 10.3. The number of fused-ring (bicyclic) bond motifs is 1. The lowest BCUT2D eigenvalue weighted by molar-refractivity contribution is 0.0838. The molecule has 166 valence electrons. The van der Waals surface area contributed by atoms with Gasteiger partial charge in [-0.2, -0.15) is 0 Å². The van der Waals surface area contributed by atoms with Crippen molar-refractivity contribution in [2.24, 2.45) is 0 Å². The summed E-state index contributed by atoms with van der Waals surface area (Å²) >= 11 is 0. The summed E-state index contributed by atoms with van der Waals surface area (Å²) in [5, 5.41) is 26.1. The topological polar surface area (TPSA) is 111 Å². The first-order valence-corrected chi connectivity index (χ1v) is 11.1. The lowest BCUT2D eigenvalue weighted by Gasteiger charge is -2.30. The van der Waals surface area contributed by atoms with E-state index in [4.69, 9.17) is 0 Å². The molecule has 0 unspecified atom stereocenters. The number of anilines is 1. The zero-order valence-corrected chi connectivity index (χ0v) is 17.7. The van der Waals surface area contributed by atoms with Crippen molar-refractivity contribution in [1.82, 2.24) is 20.2 Å². The number of carbonyl (C=O) groups is 1. The van der Waals surface area contributed by atoms with Crippen LogP contribution in [0.5, 0.6) is 0 Å². The van der Waals surface area contributed by atoms with Crippen LogP contribution in [-0.2, 0) is 13.0 Å². The quantitative estimate of drug-likeness (QED) is 0.530. The van der Waals surface area contributed by atoms with Crippen molar-refractivity contribution < 1.29 is 15.0 Å². The van der Waals surface area contributed by atoms with E-state index in [9.17, 15) is 15.0 Å². The van der Waals surface area contributed by atoms with Gasteiger partial charge in [0.05, 0.1) is 12.2 Å². The second-order valence-corrected chi connectivity index (χ2v) is 8.56. The summed E-state index contributed by atoms with van der Waals surface area (Å²) in [5.74, 6) is 0.279. The largest absolute Gasteiger partial charge is 0.393 e. The molecule has 0 bridgehead atoms. The Hall–Kier alpha value is -2.55. The monoisotopic (exact) mass is 425 g/mol. The third kappa shape index (κ3) is 6.00. The number of rotatable bonds is 7. The van der Waals surface area contributed by atoms with Gasteiger partial charge in [-0.05, 0) is 43.2 Å². The van der Waals surface area contributed by atoms with Crippen LogP contribution in [0.3, 0.4) is 0 Å². The molecule has 0 saturated heterocycles. The van der Waals surface area contributed by atoms with E-state index in [0.29, 0.717) is 12.4 Å². The Kier molecular flexibility index (Phi) is 7.11. The number of β-amino-alcohol motifs (C(OH)–C–C–N with tert-alkyl or cyclic N) is 1. The molecule has 8 nitrogen and oxygen atoms in total. The van der Waals surface area contributed by atoms with Crippen LogP contribution in [-0.4, -0.2) is 68.9 Å². The number of hydrogen-bond acceptors (Lipinski definition) is 7. The van der Waals surface area contributed by atoms with Crippen LogP contribution < -0.4 is 10.6 Å². The molecule has 0 radical (unpaired) electrons. The fourth-order valence-corrected chi connectivity index (χ4v) is 4.36. The van der Waals surface area contributed by atoms with Gasteiger partial charge < -0.3 is 20.8 Å². The fraction of sp³-hybridized carbons (Fsp3) is 0.522. The van der Waals surface area contributed by atoms with Crippen molar-refractivity contribution in [3.05, 3.63) is 53.5 Å². The number of aromatic nitrogens is 2. The summed E-state index contributed by atoms with van der Waals surface area (Å²) in [5.41, 5.74) is 2.95. The zero-order chi connectivity index (χ0) is 21.6. The Morgan fingerprint density at radius 1 is 1.16 bits per heavy atom. The molecular formula is C23H31N5O3. The van der Waals surface area contributed by atoms with E-state index in [-0.39, 0.29) is 30.3 Å². The summed E-state index contributed by atoms with van der Waals surface area (Å²) in [7, 11) is 0. The minimum absolute atomic E-state index is 0.171. The standard InChI is InChI=1S/C23H31N5O3/c29-19-7-5-18(6-8-19)27-22-11-21(25-15-26-22)23(31)24-12-20(30)14-28-10-9-16-3-1-2-4-17(16)13-28/h1-4,11,15,18-20,29-30H,5-10,12-14H2,(H,24,31)(H,25,26,27)/t18-,19-,20-/m0/s1. The Bertz CT molecular complexity index is 885. The number of amides is 1. The average molecular weight is 426 g/mol. The van der Waals surface area contributed by atoms with E-state index < -0.39 is 6.10 Å². The van der Waals surface area contributed by atoms with Gasteiger partial charge >= 0.3 is 0 Å². The second kappa shape index (κ2) is 10.2. The van der Waals surface area contributed by atoms with E-state index in [0.717, 1.165) is 45.2 Å². The predicted molar refractivity (Wildman–Crippen MR) is 118 cm³/mol. The van der Waals surface area contributed by atoms with Gasteiger partial charge in [0.2, 0.25) is 0 Å². The van der Waals surface area contributed by atoms with Gasteiger partial charge in [-0.15, -0.1) is 0 Å². The van der Waals surface area contributed by atoms with Crippen LogP contribution in [0, 0.1) is 0 Å². The predicted octanol–water partition coefficient (Wildman–Crippen LogP) is 1.34. The summed E-state index contributed by atoms with van der Waals surface area (Å²) in [4.78, 5) is 23.0. The Morgan fingerprint density at radius 2 is 1.94 bits per heavy atom. The molecule has 1 saturated carbocycles. The van der Waals surface area contributed by atoms with Crippen molar-refractivity contribution in [2.45, 2.75) is 56.9 Å². The highest BCUT2D eigenvalue weighted by molar-refractivity contribution is 5.92. The highest BCUT2D eigenvalue weighted by Crippen LogP contribution is 2.21. The molecule has 0 spiro atoms. The van der Waals surface area contributed by atoms with Crippen LogP contribution in [0.4, 0.5) is 5.82 Å². The number of hydrogen-bond donors (Lipinski definition) is 4. The number of aliphatic hydroxyl groups is 2. The summed E-state index contributed by atoms with van der Waals surface area (Å²) in [6.45, 7) is 2.41. The molecule has 1 amide bonds. The Balaban J connectivity index is 1.24. The van der Waals surface area contributed by atoms with Crippen LogP contribution in [0.2, 0.25) is 0 Å². The van der Waals surface area contributed by atoms with Crippen LogP contribution in [0.15, 0.2) is 36.7 Å². The minimum Gasteiger partial charge on any atom is -0.393 e. The normalized spacial score (nSPS) is 22.4. The minimum atomic E-state index is -0.651. The van der Waals surface area contributed by atoms with Gasteiger partial charge in [0, 0.05) is 38.3 Å². The summed E-state index contributed by atoms with van der Waals surface area (Å²) < 4.78 is 0. The van der Waals surface area contributed by atoms with E-state index in [1.165, 1.54) is 17.5 Å². The first kappa shape index (κ1) is 21.7. The maximum Gasteiger partial charge on any atom is 0.270 e. The molecule has 2 aromatic rings. The molecule has 2 heterocycles. The maximum atomic E-state index is 12.5. The lowest BCUT2D eigenvalue weighted by atomic mass is 9.93. The second-order valence-electron chi connectivity index (χ2n) is 8.56. The highest BCUT2D eigenvalue weighted by atomic mass is 16.3. The van der Waals surface area contributed by atoms with Gasteiger partial charge in [-0.25, -0.2) is 9.97 Å². The van der Waals surface area contributed by atoms with Gasteiger partial charge in [-0.3, -0.25) is 9.69 Å². The Labute approximate surface area is 182 Å². The smallest absolute Gasteiger partial charge is 0.270 e. The van der Waals surface area contributed by atoms with E-state index in [2.05, 4.69) is 43.7 Å². The molecule has 1 aliphatic carbocycles. The first-order chi connectivity index (χ1) is 15.1. The van der Waals surface area contributed by atoms with Crippen molar-refractivity contribution in [1.29, 1.82) is 0 Å². The number of carbonyl (C=O) groups excluding carboxylic acids is 1. The van der Waals surface area contributed by atoms with Gasteiger partial charge in [0.25, 0.3) is 5.91 Å². The molecule has 4 rings (SSSR count). The van der Waals surface area contributed by atoms with E-state index in [1.807, 2.05) is 6.07 Å². The molecule has 1 aromatic carbocycles. The van der Waals surface area contributed by atoms with Crippen molar-refractivity contribution in [2.75, 3.05) is 25.0 Å². The summed E-state index contributed by atoms with van der Waals surface area (Å²) in [6.07, 6.45) is 4.79. The highest BCUT2D eigenvalue weighted by Gasteiger charge is 2.21. The van der Waals surface area contributed by atoms with Crippen LogP contribution in [0.25, 0.3) is 0 Å². The van der Waals surface area contributed by atoms with Gasteiger partial charge in [0.15, 0.2) is 0 Å². The molecule has 8 heteroatoms. The van der Waals surface area contributed by atoms with Gasteiger partial charge in [-0.1, -0.05) is 24.3 Å². The van der Waals surface area contributed by atoms with Gasteiger partial charge in [0.1, 0.15) is 17.8 Å². The third-order valence-corrected chi connectivity index (χ3v) is 6.13. The lowest BCUT2D eigenvalue weighted by Crippen LogP contribution is -2.42. The maximum absolute atomic E-state index is 12.5. The van der Waals surface area contributed by atoms with E-state index >= 15 is 0 Å². The number of nitrogens with one attached hydrogen (secondary N) is 2. The first-order valence-electron chi connectivity index (χ1n) is 11.1. The number of benzene rings is 1.